The van der Waals surface area contributed by atoms with Crippen LogP contribution in [0.5, 0.6) is 0 Å². The third-order valence-electron chi connectivity index (χ3n) is 7.11. The molecule has 3 aliphatic heterocycles. The Morgan fingerprint density at radius 3 is 2.86 bits per heavy atom. The fraction of sp³-hybridized carbons (Fsp3) is 0.577. The summed E-state index contributed by atoms with van der Waals surface area (Å²) < 4.78 is 11.2. The molecule has 2 fully saturated rings. The van der Waals surface area contributed by atoms with Crippen molar-refractivity contribution in [3.8, 4) is 11.4 Å². The predicted molar refractivity (Wildman–Crippen MR) is 133 cm³/mol. The Labute approximate surface area is 206 Å². The number of hydrogen-bond donors (Lipinski definition) is 2. The highest BCUT2D eigenvalue weighted by Crippen LogP contribution is 2.36. The molecule has 0 bridgehead atoms. The van der Waals surface area contributed by atoms with Crippen LogP contribution < -0.4 is 15.1 Å². The minimum Gasteiger partial charge on any atom is -0.386 e. The molecule has 1 amide bonds. The van der Waals surface area contributed by atoms with Gasteiger partial charge in [0.1, 0.15) is 0 Å². The number of hydrogen-bond acceptors (Lipinski definition) is 8. The molecule has 188 valence electrons. The molecule has 2 saturated heterocycles. The van der Waals surface area contributed by atoms with Crippen molar-refractivity contribution in [3.05, 3.63) is 36.0 Å². The van der Waals surface area contributed by atoms with Crippen molar-refractivity contribution >= 4 is 17.4 Å². The lowest BCUT2D eigenvalue weighted by molar-refractivity contribution is -0.120. The van der Waals surface area contributed by atoms with Gasteiger partial charge in [0, 0.05) is 38.4 Å². The first-order valence-electron chi connectivity index (χ1n) is 12.5. The normalized spacial score (nSPS) is 20.8. The highest BCUT2D eigenvalue weighted by Gasteiger charge is 2.35. The summed E-state index contributed by atoms with van der Waals surface area (Å²) in [5.41, 5.74) is 1.58. The lowest BCUT2D eigenvalue weighted by atomic mass is 9.96. The maximum atomic E-state index is 12.9. The highest BCUT2D eigenvalue weighted by molar-refractivity contribution is 5.84. The molecule has 4 heterocycles. The molecular weight excluding hydrogens is 446 g/mol. The van der Waals surface area contributed by atoms with Gasteiger partial charge < -0.3 is 29.7 Å². The zero-order chi connectivity index (χ0) is 24.4. The molecule has 9 nitrogen and oxygen atoms in total. The van der Waals surface area contributed by atoms with Crippen molar-refractivity contribution < 1.29 is 19.4 Å². The van der Waals surface area contributed by atoms with E-state index in [1.54, 1.807) is 13.8 Å². The number of carbonyl (C=O) groups excluding carboxylic acids is 1. The first-order valence-corrected chi connectivity index (χ1v) is 12.5. The Bertz CT molecular complexity index is 1050. The largest absolute Gasteiger partial charge is 0.386 e. The standard InChI is InChI=1S/C26H35N5O4/c1-26(2,33)20-5-3-4-19(12-20)24-28-14-22-25(29-24)31-8-11-35-17-21(31)15-30(22)16-23(32)27-13-18-6-9-34-10-7-18/h3-5,12,14,18,21,33H,6-11,13,15-17H2,1-2H3,(H,27,32)/t21-/m1/s1. The topological polar surface area (TPSA) is 100 Å². The number of anilines is 2. The van der Waals surface area contributed by atoms with Gasteiger partial charge in [-0.3, -0.25) is 4.79 Å². The molecule has 1 aromatic carbocycles. The first-order chi connectivity index (χ1) is 16.9. The fourth-order valence-electron chi connectivity index (χ4n) is 5.00. The summed E-state index contributed by atoms with van der Waals surface area (Å²) in [7, 11) is 0. The first kappa shape index (κ1) is 24.0. The van der Waals surface area contributed by atoms with E-state index >= 15 is 0 Å². The van der Waals surface area contributed by atoms with Gasteiger partial charge in [-0.05, 0) is 44.2 Å². The number of amides is 1. The van der Waals surface area contributed by atoms with Gasteiger partial charge in [-0.2, -0.15) is 0 Å². The summed E-state index contributed by atoms with van der Waals surface area (Å²) >= 11 is 0. The van der Waals surface area contributed by atoms with Crippen LogP contribution in [0, 0.1) is 5.92 Å². The van der Waals surface area contributed by atoms with Crippen LogP contribution in [0.25, 0.3) is 11.4 Å². The van der Waals surface area contributed by atoms with Gasteiger partial charge in [0.2, 0.25) is 5.91 Å². The maximum absolute atomic E-state index is 12.9. The molecule has 0 spiro atoms. The van der Waals surface area contributed by atoms with E-state index in [1.807, 2.05) is 30.5 Å². The van der Waals surface area contributed by atoms with Crippen LogP contribution in [0.1, 0.15) is 32.3 Å². The number of aromatic nitrogens is 2. The van der Waals surface area contributed by atoms with E-state index in [9.17, 15) is 9.90 Å². The van der Waals surface area contributed by atoms with Gasteiger partial charge in [-0.1, -0.05) is 18.2 Å². The molecule has 0 saturated carbocycles. The van der Waals surface area contributed by atoms with Crippen molar-refractivity contribution in [1.82, 2.24) is 15.3 Å². The summed E-state index contributed by atoms with van der Waals surface area (Å²) in [5, 5.41) is 13.6. The molecule has 5 rings (SSSR count). The number of benzene rings is 1. The van der Waals surface area contributed by atoms with Crippen LogP contribution in [0.4, 0.5) is 11.5 Å². The van der Waals surface area contributed by atoms with Gasteiger partial charge in [0.15, 0.2) is 11.6 Å². The number of fused-ring (bicyclic) bond motifs is 3. The van der Waals surface area contributed by atoms with Crippen molar-refractivity contribution in [2.75, 3.05) is 62.4 Å². The molecule has 0 radical (unpaired) electrons. The van der Waals surface area contributed by atoms with Crippen LogP contribution in [0.3, 0.4) is 0 Å². The van der Waals surface area contributed by atoms with Gasteiger partial charge >= 0.3 is 0 Å². The molecule has 0 unspecified atom stereocenters. The van der Waals surface area contributed by atoms with E-state index in [1.165, 1.54) is 0 Å². The second-order valence-electron chi connectivity index (χ2n) is 10.2. The molecule has 2 N–H and O–H groups in total. The van der Waals surface area contributed by atoms with Crippen molar-refractivity contribution in [2.45, 2.75) is 38.3 Å². The Balaban J connectivity index is 1.38. The average Bonchev–Trinajstić information content (AvgIpc) is 2.87. The monoisotopic (exact) mass is 481 g/mol. The number of nitrogens with zero attached hydrogens (tertiary/aromatic N) is 4. The lowest BCUT2D eigenvalue weighted by Crippen LogP contribution is -2.57. The van der Waals surface area contributed by atoms with E-state index in [4.69, 9.17) is 14.5 Å². The van der Waals surface area contributed by atoms with Crippen LogP contribution in [-0.2, 0) is 19.9 Å². The molecule has 2 aromatic rings. The Morgan fingerprint density at radius 2 is 2.06 bits per heavy atom. The average molecular weight is 482 g/mol. The van der Waals surface area contributed by atoms with Crippen LogP contribution >= 0.6 is 0 Å². The second-order valence-corrected chi connectivity index (χ2v) is 10.2. The summed E-state index contributed by atoms with van der Waals surface area (Å²) in [5.74, 6) is 1.93. The zero-order valence-electron chi connectivity index (χ0n) is 20.6. The quantitative estimate of drug-likeness (QED) is 0.646. The van der Waals surface area contributed by atoms with Crippen molar-refractivity contribution in [3.63, 3.8) is 0 Å². The summed E-state index contributed by atoms with van der Waals surface area (Å²) in [4.78, 5) is 26.8. The van der Waals surface area contributed by atoms with Gasteiger partial charge in [0.25, 0.3) is 0 Å². The number of carbonyl (C=O) groups is 1. The van der Waals surface area contributed by atoms with Gasteiger partial charge in [-0.25, -0.2) is 9.97 Å². The third kappa shape index (κ3) is 5.42. The molecule has 9 heteroatoms. The zero-order valence-corrected chi connectivity index (χ0v) is 20.6. The number of ether oxygens (including phenoxy) is 2. The van der Waals surface area contributed by atoms with E-state index < -0.39 is 5.60 Å². The third-order valence-corrected chi connectivity index (χ3v) is 7.11. The van der Waals surface area contributed by atoms with Crippen LogP contribution in [0.2, 0.25) is 0 Å². The SMILES string of the molecule is CC(C)(O)c1cccc(-c2ncc3c(n2)N2CCOC[C@H]2CN3CC(=O)NCC2CCOCC2)c1. The minimum atomic E-state index is -0.950. The van der Waals surface area contributed by atoms with Crippen LogP contribution in [-0.4, -0.2) is 79.6 Å². The Morgan fingerprint density at radius 1 is 1.23 bits per heavy atom. The Kier molecular flexibility index (Phi) is 6.91. The van der Waals surface area contributed by atoms with E-state index in [-0.39, 0.29) is 18.5 Å². The van der Waals surface area contributed by atoms with Crippen molar-refractivity contribution in [2.24, 2.45) is 5.92 Å². The summed E-state index contributed by atoms with van der Waals surface area (Å²) in [6, 6.07) is 7.84. The lowest BCUT2D eigenvalue weighted by Gasteiger charge is -2.45. The molecule has 0 aliphatic carbocycles. The number of nitrogens with one attached hydrogen (secondary N) is 1. The summed E-state index contributed by atoms with van der Waals surface area (Å²) in [6.45, 7) is 8.72. The highest BCUT2D eigenvalue weighted by atomic mass is 16.5. The second kappa shape index (κ2) is 10.1. The minimum absolute atomic E-state index is 0.00887. The summed E-state index contributed by atoms with van der Waals surface area (Å²) in [6.07, 6.45) is 3.81. The molecule has 1 atom stereocenters. The van der Waals surface area contributed by atoms with E-state index in [2.05, 4.69) is 20.1 Å². The molecule has 35 heavy (non-hydrogen) atoms. The number of rotatable bonds is 6. The van der Waals surface area contributed by atoms with E-state index in [0.29, 0.717) is 38.0 Å². The molecule has 1 aromatic heterocycles. The smallest absolute Gasteiger partial charge is 0.239 e. The van der Waals surface area contributed by atoms with E-state index in [0.717, 1.165) is 55.2 Å². The van der Waals surface area contributed by atoms with Crippen LogP contribution in [0.15, 0.2) is 30.5 Å². The Hall–Kier alpha value is -2.75. The number of morpholine rings is 1. The molecule has 3 aliphatic rings. The molecular formula is C26H35N5O4. The maximum Gasteiger partial charge on any atom is 0.239 e. The fourth-order valence-corrected chi connectivity index (χ4v) is 5.00. The van der Waals surface area contributed by atoms with Gasteiger partial charge in [0.05, 0.1) is 43.3 Å². The predicted octanol–water partition coefficient (Wildman–Crippen LogP) is 1.94. The number of aliphatic hydroxyl groups is 1. The van der Waals surface area contributed by atoms with Gasteiger partial charge in [-0.15, -0.1) is 0 Å². The van der Waals surface area contributed by atoms with Crippen molar-refractivity contribution in [1.29, 1.82) is 0 Å².